The van der Waals surface area contributed by atoms with Crippen molar-refractivity contribution in [3.8, 4) is 0 Å². The van der Waals surface area contributed by atoms with Crippen LogP contribution in [0.2, 0.25) is 0 Å². The fourth-order valence-corrected chi connectivity index (χ4v) is 1.43. The normalized spacial score (nSPS) is 10.6. The SMILES string of the molecule is O=C(CC(=O)C(F)(F)F)c1cccs1.[Eu+3]. The number of alkyl halides is 3. The number of carbonyl (C=O) groups is 2. The Labute approximate surface area is 128 Å². The molecule has 0 fully saturated rings. The quantitative estimate of drug-likeness (QED) is 0.602. The average Bonchev–Trinajstić information content (AvgIpc) is 2.53. The maximum atomic E-state index is 11.8. The third-order valence-electron chi connectivity index (χ3n) is 1.43. The zero-order valence-corrected chi connectivity index (χ0v) is 10.4. The van der Waals surface area contributed by atoms with Crippen LogP contribution < -0.4 is 0 Å². The number of Topliss-reactive ketones (excluding diaryl/α,β-unsaturated/α-hetero) is 2. The summed E-state index contributed by atoms with van der Waals surface area (Å²) in [6.45, 7) is 0. The first kappa shape index (κ1) is 15.4. The third kappa shape index (κ3) is 4.84. The molecule has 0 aliphatic heterocycles. The number of hydrogen-bond donors (Lipinski definition) is 0. The second-order valence-electron chi connectivity index (χ2n) is 2.50. The van der Waals surface area contributed by atoms with E-state index in [2.05, 4.69) is 0 Å². The molecule has 1 heterocycles. The largest absolute Gasteiger partial charge is 3.00 e. The number of halogens is 3. The Hall–Kier alpha value is 0.414. The summed E-state index contributed by atoms with van der Waals surface area (Å²) in [6.07, 6.45) is -6.03. The van der Waals surface area contributed by atoms with Gasteiger partial charge < -0.3 is 0 Å². The first-order chi connectivity index (χ1) is 6.41. The zero-order valence-electron chi connectivity index (χ0n) is 7.18. The van der Waals surface area contributed by atoms with Crippen LogP contribution >= 0.6 is 11.3 Å². The summed E-state index contributed by atoms with van der Waals surface area (Å²) < 4.78 is 35.3. The smallest absolute Gasteiger partial charge is 0.293 e. The molecule has 0 saturated carbocycles. The minimum atomic E-state index is -4.92. The Kier molecular flexibility index (Phi) is 6.40. The summed E-state index contributed by atoms with van der Waals surface area (Å²) in [4.78, 5) is 21.7. The maximum Gasteiger partial charge on any atom is 3.00 e. The van der Waals surface area contributed by atoms with Crippen molar-refractivity contribution in [1.29, 1.82) is 0 Å². The molecule has 0 N–H and O–H groups in total. The fraction of sp³-hybridized carbons (Fsp3) is 0.250. The molecule has 0 radical (unpaired) electrons. The molecule has 1 aromatic heterocycles. The van der Waals surface area contributed by atoms with Crippen LogP contribution in [0, 0.1) is 49.4 Å². The minimum Gasteiger partial charge on any atom is -0.293 e. The molecule has 80 valence electrons. The van der Waals surface area contributed by atoms with Gasteiger partial charge in [0.05, 0.1) is 11.3 Å². The molecular formula is C8H5EuF3O2S+3. The van der Waals surface area contributed by atoms with Crippen molar-refractivity contribution >= 4 is 22.9 Å². The van der Waals surface area contributed by atoms with Crippen molar-refractivity contribution in [2.24, 2.45) is 0 Å². The van der Waals surface area contributed by atoms with Gasteiger partial charge in [0.2, 0.25) is 5.78 Å². The second-order valence-corrected chi connectivity index (χ2v) is 3.45. The number of carbonyl (C=O) groups excluding carboxylic acids is 2. The molecule has 0 spiro atoms. The van der Waals surface area contributed by atoms with Gasteiger partial charge in [-0.2, -0.15) is 13.2 Å². The molecule has 0 saturated heterocycles. The fourth-order valence-electron chi connectivity index (χ4n) is 0.770. The van der Waals surface area contributed by atoms with Crippen molar-refractivity contribution in [3.63, 3.8) is 0 Å². The van der Waals surface area contributed by atoms with Crippen LogP contribution in [0.3, 0.4) is 0 Å². The first-order valence-corrected chi connectivity index (χ1v) is 4.46. The van der Waals surface area contributed by atoms with E-state index in [1.807, 2.05) is 0 Å². The third-order valence-corrected chi connectivity index (χ3v) is 2.34. The topological polar surface area (TPSA) is 34.1 Å². The predicted molar refractivity (Wildman–Crippen MR) is 44.3 cm³/mol. The molecule has 0 aliphatic rings. The van der Waals surface area contributed by atoms with Crippen LogP contribution in [0.15, 0.2) is 17.5 Å². The van der Waals surface area contributed by atoms with E-state index in [1.165, 1.54) is 12.1 Å². The van der Waals surface area contributed by atoms with E-state index in [-0.39, 0.29) is 54.3 Å². The first-order valence-electron chi connectivity index (χ1n) is 3.58. The van der Waals surface area contributed by atoms with Crippen molar-refractivity contribution in [1.82, 2.24) is 0 Å². The minimum absolute atomic E-state index is 0. The van der Waals surface area contributed by atoms with Gasteiger partial charge in [0.15, 0.2) is 5.78 Å². The summed E-state index contributed by atoms with van der Waals surface area (Å²) in [5, 5.41) is 1.56. The van der Waals surface area contributed by atoms with Gasteiger partial charge in [-0.3, -0.25) is 9.59 Å². The van der Waals surface area contributed by atoms with Gasteiger partial charge in [-0.1, -0.05) is 6.07 Å². The number of thiophene rings is 1. The van der Waals surface area contributed by atoms with E-state index in [0.29, 0.717) is 0 Å². The van der Waals surface area contributed by atoms with Crippen LogP contribution in [0.1, 0.15) is 16.1 Å². The van der Waals surface area contributed by atoms with E-state index < -0.39 is 24.2 Å². The zero-order chi connectivity index (χ0) is 10.8. The molecule has 0 aliphatic carbocycles. The van der Waals surface area contributed by atoms with Crippen LogP contribution in [-0.4, -0.2) is 17.7 Å². The van der Waals surface area contributed by atoms with Crippen molar-refractivity contribution in [2.75, 3.05) is 0 Å². The number of hydrogen-bond acceptors (Lipinski definition) is 3. The van der Waals surface area contributed by atoms with Crippen molar-refractivity contribution < 1.29 is 72.1 Å². The monoisotopic (exact) mass is 375 g/mol. The average molecular weight is 374 g/mol. The summed E-state index contributed by atoms with van der Waals surface area (Å²) in [5.74, 6) is -2.79. The van der Waals surface area contributed by atoms with Crippen LogP contribution in [-0.2, 0) is 4.79 Å². The molecule has 1 rings (SSSR count). The van der Waals surface area contributed by atoms with E-state index in [1.54, 1.807) is 5.38 Å². The molecule has 0 atom stereocenters. The van der Waals surface area contributed by atoms with Crippen molar-refractivity contribution in [2.45, 2.75) is 12.6 Å². The summed E-state index contributed by atoms with van der Waals surface area (Å²) in [7, 11) is 0. The van der Waals surface area contributed by atoms with Gasteiger partial charge in [-0.05, 0) is 11.4 Å². The number of ketones is 2. The molecule has 0 aromatic carbocycles. The maximum absolute atomic E-state index is 11.8. The summed E-state index contributed by atoms with van der Waals surface area (Å²) in [6, 6.07) is 2.92. The molecule has 2 nitrogen and oxygen atoms in total. The van der Waals surface area contributed by atoms with Gasteiger partial charge in [-0.25, -0.2) is 0 Å². The van der Waals surface area contributed by atoms with Gasteiger partial charge >= 0.3 is 55.6 Å². The van der Waals surface area contributed by atoms with Crippen LogP contribution in [0.25, 0.3) is 0 Å². The van der Waals surface area contributed by atoms with E-state index in [9.17, 15) is 22.8 Å². The van der Waals surface area contributed by atoms with Crippen LogP contribution in [0.5, 0.6) is 0 Å². The van der Waals surface area contributed by atoms with Crippen molar-refractivity contribution in [3.05, 3.63) is 22.4 Å². The van der Waals surface area contributed by atoms with Crippen LogP contribution in [0.4, 0.5) is 13.2 Å². The second kappa shape index (κ2) is 6.22. The standard InChI is InChI=1S/C8H5F3O2S.Eu/c9-8(10,11)7(13)4-5(12)6-2-1-3-14-6;/h1-3H,4H2;/q;+3. The van der Waals surface area contributed by atoms with Gasteiger partial charge in [0.25, 0.3) is 0 Å². The number of rotatable bonds is 3. The molecule has 1 aromatic rings. The summed E-state index contributed by atoms with van der Waals surface area (Å²) >= 11 is 1.01. The predicted octanol–water partition coefficient (Wildman–Crippen LogP) is 2.45. The van der Waals surface area contributed by atoms with E-state index in [4.69, 9.17) is 0 Å². The van der Waals surface area contributed by atoms with Gasteiger partial charge in [0, 0.05) is 0 Å². The molecule has 7 heteroatoms. The Morgan fingerprint density at radius 2 is 1.93 bits per heavy atom. The molecule has 0 unspecified atom stereocenters. The summed E-state index contributed by atoms with van der Waals surface area (Å²) in [5.41, 5.74) is 0. The van der Waals surface area contributed by atoms with Gasteiger partial charge in [-0.15, -0.1) is 11.3 Å². The van der Waals surface area contributed by atoms with Gasteiger partial charge in [0.1, 0.15) is 0 Å². The molecule has 0 amide bonds. The Balaban J connectivity index is 0.00000196. The Morgan fingerprint density at radius 1 is 1.33 bits per heavy atom. The van der Waals surface area contributed by atoms with E-state index >= 15 is 0 Å². The Morgan fingerprint density at radius 3 is 2.33 bits per heavy atom. The molecule has 0 bridgehead atoms. The molecular weight excluding hydrogens is 369 g/mol. The Bertz CT molecular complexity index is 345. The van der Waals surface area contributed by atoms with E-state index in [0.717, 1.165) is 11.3 Å². The molecule has 15 heavy (non-hydrogen) atoms.